The maximum absolute atomic E-state index is 6.11. The van der Waals surface area contributed by atoms with Gasteiger partial charge in [0.05, 0.1) is 0 Å². The molecular weight excluding hydrogens is 350 g/mol. The van der Waals surface area contributed by atoms with Crippen LogP contribution in [-0.2, 0) is 40.3 Å². The van der Waals surface area contributed by atoms with Gasteiger partial charge in [-0.15, -0.1) is 0 Å². The maximum atomic E-state index is 6.11. The summed E-state index contributed by atoms with van der Waals surface area (Å²) in [7, 11) is -0.267. The second-order valence-corrected chi connectivity index (χ2v) is 8.37. The Hall–Kier alpha value is 0.109. The van der Waals surface area contributed by atoms with E-state index in [0.29, 0.717) is 0 Å². The van der Waals surface area contributed by atoms with Crippen molar-refractivity contribution in [1.82, 2.24) is 0 Å². The van der Waals surface area contributed by atoms with E-state index in [2.05, 4.69) is 63.8 Å². The van der Waals surface area contributed by atoms with E-state index < -0.39 is 0 Å². The normalized spacial score (nSPS) is 19.4. The summed E-state index contributed by atoms with van der Waals surface area (Å²) in [6.45, 7) is 12.9. The van der Waals surface area contributed by atoms with Gasteiger partial charge in [0.15, 0.2) is 0 Å². The molecule has 0 N–H and O–H groups in total. The molecule has 0 unspecified atom stereocenters. The molecule has 0 aliphatic carbocycles. The number of anilines is 1. The molecule has 1 aliphatic rings. The van der Waals surface area contributed by atoms with Crippen LogP contribution in [0.4, 0.5) is 5.69 Å². The van der Waals surface area contributed by atoms with Gasteiger partial charge in [0.1, 0.15) is 0 Å². The first kappa shape index (κ1) is 18.4. The number of nitrogens with zero attached hydrogens (tertiary/aromatic N) is 1. The molecule has 0 aromatic heterocycles. The fourth-order valence-electron chi connectivity index (χ4n) is 2.62. The fraction of sp³-hybridized carbons (Fsp3) is 0.647. The zero-order valence-corrected chi connectivity index (χ0v) is 17.4. The molecule has 22 heavy (non-hydrogen) atoms. The first-order chi connectivity index (χ1) is 10.3. The molecule has 2 rings (SSSR count). The second kappa shape index (κ2) is 7.34. The van der Waals surface area contributed by atoms with Crippen LogP contribution in [0.1, 0.15) is 41.0 Å². The van der Waals surface area contributed by atoms with Crippen molar-refractivity contribution in [2.24, 2.45) is 0 Å². The van der Waals surface area contributed by atoms with Gasteiger partial charge in [-0.05, 0) is 0 Å². The van der Waals surface area contributed by atoms with Gasteiger partial charge in [0.2, 0.25) is 0 Å². The van der Waals surface area contributed by atoms with Crippen LogP contribution in [0.2, 0.25) is 3.23 Å². The Morgan fingerprint density at radius 2 is 1.55 bits per heavy atom. The Morgan fingerprint density at radius 3 is 2.00 bits per heavy atom. The molecule has 0 spiro atoms. The zero-order chi connectivity index (χ0) is 16.4. The second-order valence-electron chi connectivity index (χ2n) is 6.96. The average molecular weight is 377 g/mol. The predicted octanol–water partition coefficient (Wildman–Crippen LogP) is 3.17. The predicted molar refractivity (Wildman–Crippen MR) is 89.5 cm³/mol. The summed E-state index contributed by atoms with van der Waals surface area (Å²) in [5.41, 5.74) is 1.84. The molecule has 118 valence electrons. The Morgan fingerprint density at radius 1 is 1.00 bits per heavy atom. The van der Waals surface area contributed by atoms with Crippen LogP contribution in [0.25, 0.3) is 0 Å². The third-order valence-electron chi connectivity index (χ3n) is 4.68. The van der Waals surface area contributed by atoms with Crippen molar-refractivity contribution in [2.45, 2.75) is 55.5 Å². The molecule has 0 saturated carbocycles. The van der Waals surface area contributed by atoms with Crippen molar-refractivity contribution in [2.75, 3.05) is 18.0 Å². The molecular formula is C17H27BNO2Y. The van der Waals surface area contributed by atoms with Gasteiger partial charge < -0.3 is 0 Å². The molecule has 1 heterocycles. The summed E-state index contributed by atoms with van der Waals surface area (Å²) < 4.78 is 13.5. The summed E-state index contributed by atoms with van der Waals surface area (Å²) in [5, 5.41) is 0. The van der Waals surface area contributed by atoms with E-state index in [9.17, 15) is 0 Å². The Kier molecular flexibility index (Phi) is 6.15. The minimum atomic E-state index is -0.281. The van der Waals surface area contributed by atoms with Crippen LogP contribution in [0.15, 0.2) is 24.3 Å². The molecule has 1 aliphatic heterocycles. The Bertz CT molecular complexity index is 468. The molecule has 1 saturated heterocycles. The van der Waals surface area contributed by atoms with Crippen LogP contribution < -0.4 is 10.4 Å². The molecule has 0 atom stereocenters. The molecule has 1 fully saturated rings. The van der Waals surface area contributed by atoms with Crippen molar-refractivity contribution in [3.8, 4) is 0 Å². The van der Waals surface area contributed by atoms with E-state index in [1.807, 2.05) is 0 Å². The number of rotatable bonds is 6. The van der Waals surface area contributed by atoms with Crippen LogP contribution in [-0.4, -0.2) is 31.4 Å². The van der Waals surface area contributed by atoms with Gasteiger partial charge in [0, 0.05) is 0 Å². The zero-order valence-electron chi connectivity index (χ0n) is 14.6. The molecule has 0 radical (unpaired) electrons. The third kappa shape index (κ3) is 3.95. The first-order valence-corrected chi connectivity index (χ1v) is 10.2. The molecule has 1 aromatic carbocycles. The van der Waals surface area contributed by atoms with E-state index in [1.54, 1.807) is 0 Å². The van der Waals surface area contributed by atoms with Gasteiger partial charge in [-0.1, -0.05) is 0 Å². The van der Waals surface area contributed by atoms with Crippen LogP contribution in [0, 0.1) is 0 Å². The average Bonchev–Trinajstić information content (AvgIpc) is 2.67. The van der Waals surface area contributed by atoms with E-state index in [4.69, 9.17) is 9.31 Å². The molecule has 1 aromatic rings. The van der Waals surface area contributed by atoms with Gasteiger partial charge in [0.25, 0.3) is 0 Å². The van der Waals surface area contributed by atoms with Crippen molar-refractivity contribution in [1.29, 1.82) is 0 Å². The van der Waals surface area contributed by atoms with E-state index in [-0.39, 0.29) is 18.3 Å². The van der Waals surface area contributed by atoms with Crippen molar-refractivity contribution in [3.05, 3.63) is 24.3 Å². The summed E-state index contributed by atoms with van der Waals surface area (Å²) >= 11 is 1.32. The Labute approximate surface area is 155 Å². The number of hydrogen-bond donors (Lipinski definition) is 0. The Balaban J connectivity index is 2.12. The monoisotopic (exact) mass is 377 g/mol. The van der Waals surface area contributed by atoms with E-state index >= 15 is 0 Å². The summed E-state index contributed by atoms with van der Waals surface area (Å²) in [6.07, 6.45) is 1.18. The van der Waals surface area contributed by atoms with Crippen LogP contribution in [0.5, 0.6) is 0 Å². The van der Waals surface area contributed by atoms with Gasteiger partial charge in [-0.2, -0.15) is 0 Å². The topological polar surface area (TPSA) is 21.7 Å². The van der Waals surface area contributed by atoms with Crippen molar-refractivity contribution >= 4 is 18.3 Å². The van der Waals surface area contributed by atoms with Gasteiger partial charge in [-0.25, -0.2) is 0 Å². The van der Waals surface area contributed by atoms with Crippen LogP contribution >= 0.6 is 0 Å². The molecule has 3 nitrogen and oxygen atoms in total. The van der Waals surface area contributed by atoms with Gasteiger partial charge >= 0.3 is 156 Å². The van der Waals surface area contributed by atoms with Crippen molar-refractivity contribution in [3.63, 3.8) is 0 Å². The number of benzene rings is 1. The summed E-state index contributed by atoms with van der Waals surface area (Å²) in [4.78, 5) is 2.47. The van der Waals surface area contributed by atoms with E-state index in [0.717, 1.165) is 18.6 Å². The SMILES string of the molecule is CCCN(C[CH2][Y])c1ccc(B2OC(C)(C)C(C)(C)O2)cc1. The van der Waals surface area contributed by atoms with Crippen molar-refractivity contribution < 1.29 is 40.3 Å². The number of hydrogen-bond acceptors (Lipinski definition) is 3. The van der Waals surface area contributed by atoms with Crippen LogP contribution in [0.3, 0.4) is 0 Å². The summed E-state index contributed by atoms with van der Waals surface area (Å²) in [6, 6.07) is 8.69. The first-order valence-electron chi connectivity index (χ1n) is 8.21. The molecule has 0 amide bonds. The van der Waals surface area contributed by atoms with Gasteiger partial charge in [-0.3, -0.25) is 0 Å². The summed E-state index contributed by atoms with van der Waals surface area (Å²) in [5.74, 6) is 0. The minimum absolute atomic E-state index is 0.267. The molecule has 0 bridgehead atoms. The quantitative estimate of drug-likeness (QED) is 0.711. The fourth-order valence-corrected chi connectivity index (χ4v) is 3.38. The third-order valence-corrected chi connectivity index (χ3v) is 5.31. The van der Waals surface area contributed by atoms with E-state index in [1.165, 1.54) is 46.3 Å². The molecule has 5 heteroatoms. The standard InChI is InChI=1S/C17H27BNO2.Y/c1-7-13-19(8-2)15-11-9-14(10-12-15)18-20-16(3,4)17(5,6)21-18;/h9-12H,2,7-8,13H2,1,3-6H3;.